The summed E-state index contributed by atoms with van der Waals surface area (Å²) >= 11 is 0. The number of hydrogen-bond donors (Lipinski definition) is 1. The number of ether oxygens (including phenoxy) is 1. The van der Waals surface area contributed by atoms with Crippen molar-refractivity contribution < 1.29 is 27.8 Å². The number of amides is 2. The van der Waals surface area contributed by atoms with Crippen LogP contribution in [0.4, 0.5) is 23.8 Å². The van der Waals surface area contributed by atoms with Crippen LogP contribution in [-0.4, -0.2) is 48.0 Å². The Balaban J connectivity index is 2.47. The maximum absolute atomic E-state index is 12.9. The van der Waals surface area contributed by atoms with Gasteiger partial charge in [0.2, 0.25) is 0 Å². The molecule has 110 valence electrons. The molecular formula is C11H12F3N3O3. The topological polar surface area (TPSA) is 65.9 Å². The molecule has 2 rings (SSSR count). The van der Waals surface area contributed by atoms with Crippen molar-refractivity contribution in [3.63, 3.8) is 0 Å². The Morgan fingerprint density at radius 2 is 2.15 bits per heavy atom. The number of carbonyl (C=O) groups is 1. The summed E-state index contributed by atoms with van der Waals surface area (Å²) < 4.78 is 43.3. The second kappa shape index (κ2) is 4.82. The van der Waals surface area contributed by atoms with Gasteiger partial charge in [0.1, 0.15) is 17.1 Å². The Labute approximate surface area is 112 Å². The molecule has 1 unspecified atom stereocenters. The number of nitrogens with zero attached hydrogens (tertiary/aromatic N) is 3. The number of β-amino-alcohol motifs (C(OH)–C–C–N with tert-alkyl or cyclic N) is 1. The van der Waals surface area contributed by atoms with Gasteiger partial charge in [-0.15, -0.1) is 0 Å². The fraction of sp³-hybridized carbons (Fsp3) is 0.455. The summed E-state index contributed by atoms with van der Waals surface area (Å²) in [5.41, 5.74) is -1.06. The van der Waals surface area contributed by atoms with Crippen LogP contribution in [0.15, 0.2) is 12.3 Å². The molecule has 1 atom stereocenters. The molecule has 1 aromatic rings. The van der Waals surface area contributed by atoms with Crippen LogP contribution in [0.3, 0.4) is 0 Å². The molecule has 1 aliphatic heterocycles. The summed E-state index contributed by atoms with van der Waals surface area (Å²) in [7, 11) is 2.52. The number of aliphatic hydroxyl groups excluding tert-OH is 1. The zero-order valence-corrected chi connectivity index (χ0v) is 10.7. The minimum Gasteiger partial charge on any atom is -0.494 e. The fourth-order valence-electron chi connectivity index (χ4n) is 1.91. The summed E-state index contributed by atoms with van der Waals surface area (Å²) in [6.07, 6.45) is -5.02. The Hall–Kier alpha value is -2.03. The van der Waals surface area contributed by atoms with E-state index >= 15 is 0 Å². The molecule has 20 heavy (non-hydrogen) atoms. The van der Waals surface area contributed by atoms with Crippen LogP contribution in [0, 0.1) is 0 Å². The number of anilines is 1. The van der Waals surface area contributed by atoms with Crippen molar-refractivity contribution in [2.24, 2.45) is 0 Å². The summed E-state index contributed by atoms with van der Waals surface area (Å²) in [6, 6.07) is 0.0577. The molecule has 1 aromatic heterocycles. The average molecular weight is 291 g/mol. The highest BCUT2D eigenvalue weighted by atomic mass is 19.4. The highest BCUT2D eigenvalue weighted by Crippen LogP contribution is 2.38. The Morgan fingerprint density at radius 3 is 2.60 bits per heavy atom. The number of alkyl halides is 3. The van der Waals surface area contributed by atoms with Gasteiger partial charge < -0.3 is 14.7 Å². The van der Waals surface area contributed by atoms with Crippen LogP contribution in [0.1, 0.15) is 5.56 Å². The predicted octanol–water partition coefficient (Wildman–Crippen LogP) is 1.30. The molecular weight excluding hydrogens is 279 g/mol. The molecule has 1 aliphatic rings. The fourth-order valence-corrected chi connectivity index (χ4v) is 1.91. The number of aliphatic hydroxyl groups is 1. The molecule has 0 radical (unpaired) electrons. The zero-order chi connectivity index (χ0) is 15.1. The van der Waals surface area contributed by atoms with Gasteiger partial charge in [-0.25, -0.2) is 14.7 Å². The van der Waals surface area contributed by atoms with Gasteiger partial charge >= 0.3 is 12.2 Å². The molecule has 0 spiro atoms. The first kappa shape index (κ1) is 14.4. The van der Waals surface area contributed by atoms with Gasteiger partial charge in [0, 0.05) is 7.05 Å². The van der Waals surface area contributed by atoms with E-state index in [2.05, 4.69) is 9.72 Å². The quantitative estimate of drug-likeness (QED) is 0.892. The number of aromatic nitrogens is 1. The highest BCUT2D eigenvalue weighted by molar-refractivity contribution is 5.93. The lowest BCUT2D eigenvalue weighted by molar-refractivity contribution is -0.138. The molecule has 0 aromatic carbocycles. The Bertz CT molecular complexity index is 535. The Kier molecular flexibility index (Phi) is 3.46. The van der Waals surface area contributed by atoms with Crippen LogP contribution >= 0.6 is 0 Å². The number of urea groups is 1. The van der Waals surface area contributed by atoms with Crippen molar-refractivity contribution >= 4 is 11.8 Å². The standard InChI is InChI=1S/C11H12F3N3O3/c1-16-5-9(18)17(10(16)19)8-3-6(11(12,13)14)7(20-2)4-15-8/h3-4,9,18H,5H2,1-2H3. The highest BCUT2D eigenvalue weighted by Gasteiger charge is 2.39. The monoisotopic (exact) mass is 291 g/mol. The number of likely N-dealkylation sites (N-methyl/N-ethyl adjacent to an activating group) is 1. The predicted molar refractivity (Wildman–Crippen MR) is 62.3 cm³/mol. The number of rotatable bonds is 2. The van der Waals surface area contributed by atoms with E-state index < -0.39 is 29.7 Å². The first-order valence-corrected chi connectivity index (χ1v) is 5.59. The zero-order valence-electron chi connectivity index (χ0n) is 10.7. The Morgan fingerprint density at radius 1 is 1.50 bits per heavy atom. The van der Waals surface area contributed by atoms with E-state index in [0.29, 0.717) is 6.07 Å². The summed E-state index contributed by atoms with van der Waals surface area (Å²) in [4.78, 5) is 17.5. The summed E-state index contributed by atoms with van der Waals surface area (Å²) in [5, 5.41) is 9.71. The normalized spacial score (nSPS) is 19.7. The first-order valence-electron chi connectivity index (χ1n) is 5.59. The van der Waals surface area contributed by atoms with Gasteiger partial charge in [0.15, 0.2) is 6.23 Å². The van der Waals surface area contributed by atoms with Gasteiger partial charge in [-0.1, -0.05) is 0 Å². The number of methoxy groups -OCH3 is 1. The molecule has 2 amide bonds. The van der Waals surface area contributed by atoms with E-state index in [9.17, 15) is 23.1 Å². The molecule has 6 nitrogen and oxygen atoms in total. The van der Waals surface area contributed by atoms with Crippen molar-refractivity contribution in [1.82, 2.24) is 9.88 Å². The SMILES string of the molecule is COc1cnc(N2C(=O)N(C)CC2O)cc1C(F)(F)F. The summed E-state index contributed by atoms with van der Waals surface area (Å²) in [5.74, 6) is -0.726. The lowest BCUT2D eigenvalue weighted by Gasteiger charge is -2.20. The minimum absolute atomic E-state index is 0.00606. The van der Waals surface area contributed by atoms with Gasteiger partial charge in [0.05, 0.1) is 19.9 Å². The molecule has 1 N–H and O–H groups in total. The third kappa shape index (κ3) is 2.36. The first-order chi connectivity index (χ1) is 9.25. The van der Waals surface area contributed by atoms with Crippen molar-refractivity contribution in [3.8, 4) is 5.75 Å². The van der Waals surface area contributed by atoms with E-state index in [1.54, 1.807) is 0 Å². The van der Waals surface area contributed by atoms with E-state index in [0.717, 1.165) is 18.2 Å². The largest absolute Gasteiger partial charge is 0.494 e. The molecule has 0 bridgehead atoms. The van der Waals surface area contributed by atoms with Crippen molar-refractivity contribution in [2.75, 3.05) is 25.6 Å². The number of halogens is 3. The van der Waals surface area contributed by atoms with Crippen LogP contribution in [0.25, 0.3) is 0 Å². The molecule has 0 saturated carbocycles. The van der Waals surface area contributed by atoms with Crippen molar-refractivity contribution in [3.05, 3.63) is 17.8 Å². The van der Waals surface area contributed by atoms with Gasteiger partial charge in [-0.3, -0.25) is 0 Å². The summed E-state index contributed by atoms with van der Waals surface area (Å²) in [6.45, 7) is -0.00606. The minimum atomic E-state index is -4.65. The van der Waals surface area contributed by atoms with Crippen LogP contribution < -0.4 is 9.64 Å². The van der Waals surface area contributed by atoms with Crippen LogP contribution in [0.2, 0.25) is 0 Å². The van der Waals surface area contributed by atoms with E-state index in [4.69, 9.17) is 0 Å². The van der Waals surface area contributed by atoms with Crippen molar-refractivity contribution in [1.29, 1.82) is 0 Å². The molecule has 1 saturated heterocycles. The molecule has 9 heteroatoms. The molecule has 0 aliphatic carbocycles. The smallest absolute Gasteiger partial charge is 0.420 e. The third-order valence-corrected chi connectivity index (χ3v) is 2.89. The van der Waals surface area contributed by atoms with Gasteiger partial charge in [-0.2, -0.15) is 13.2 Å². The number of carbonyl (C=O) groups excluding carboxylic acids is 1. The van der Waals surface area contributed by atoms with E-state index in [-0.39, 0.29) is 12.4 Å². The van der Waals surface area contributed by atoms with Gasteiger partial charge in [0.25, 0.3) is 0 Å². The van der Waals surface area contributed by atoms with Crippen LogP contribution in [0.5, 0.6) is 5.75 Å². The van der Waals surface area contributed by atoms with Crippen LogP contribution in [-0.2, 0) is 6.18 Å². The number of pyridine rings is 1. The van der Waals surface area contributed by atoms with Crippen molar-refractivity contribution in [2.45, 2.75) is 12.4 Å². The molecule has 2 heterocycles. The number of hydrogen-bond acceptors (Lipinski definition) is 4. The van der Waals surface area contributed by atoms with Gasteiger partial charge in [-0.05, 0) is 6.07 Å². The maximum atomic E-state index is 12.9. The second-order valence-corrected chi connectivity index (χ2v) is 4.25. The average Bonchev–Trinajstić information content (AvgIpc) is 2.61. The van der Waals surface area contributed by atoms with E-state index in [1.807, 2.05) is 0 Å². The molecule has 1 fully saturated rings. The van der Waals surface area contributed by atoms with E-state index in [1.165, 1.54) is 11.9 Å². The maximum Gasteiger partial charge on any atom is 0.420 e. The lowest BCUT2D eigenvalue weighted by atomic mass is 10.2. The second-order valence-electron chi connectivity index (χ2n) is 4.25. The third-order valence-electron chi connectivity index (χ3n) is 2.89. The lowest BCUT2D eigenvalue weighted by Crippen LogP contribution is -2.35.